The number of benzene rings is 1. The van der Waals surface area contributed by atoms with Gasteiger partial charge in [-0.05, 0) is 97.9 Å². The summed E-state index contributed by atoms with van der Waals surface area (Å²) in [6.45, 7) is 34.0. The van der Waals surface area contributed by atoms with Crippen molar-refractivity contribution in [1.82, 2.24) is 0 Å². The highest BCUT2D eigenvalue weighted by Crippen LogP contribution is 2.54. The van der Waals surface area contributed by atoms with Crippen molar-refractivity contribution in [2.75, 3.05) is 0 Å². The molecule has 0 radical (unpaired) electrons. The van der Waals surface area contributed by atoms with E-state index in [1.165, 1.54) is 19.3 Å². The minimum Gasteiger partial charge on any atom is -0.413 e. The number of hydrogen-bond donors (Lipinski definition) is 0. The van der Waals surface area contributed by atoms with Crippen molar-refractivity contribution in [2.45, 2.75) is 160 Å². The molecule has 0 heterocycles. The highest BCUT2D eigenvalue weighted by molar-refractivity contribution is 7.86. The molecule has 7 atom stereocenters. The van der Waals surface area contributed by atoms with Crippen LogP contribution in [0.25, 0.3) is 0 Å². The van der Waals surface area contributed by atoms with Crippen molar-refractivity contribution in [1.29, 1.82) is 0 Å². The second-order valence-electron chi connectivity index (χ2n) is 17.5. The van der Waals surface area contributed by atoms with E-state index >= 15 is 0 Å². The summed E-state index contributed by atoms with van der Waals surface area (Å²) in [7, 11) is -8.05. The largest absolute Gasteiger partial charge is 0.413 e. The maximum absolute atomic E-state index is 13.4. The van der Waals surface area contributed by atoms with E-state index in [9.17, 15) is 8.42 Å². The number of unbranched alkanes of at least 4 members (excludes halogenated alkanes) is 1. The van der Waals surface area contributed by atoms with Crippen LogP contribution >= 0.6 is 0 Å². The molecule has 1 unspecified atom stereocenters. The molecule has 0 aromatic heterocycles. The molecule has 0 aliphatic heterocycles. The van der Waals surface area contributed by atoms with Gasteiger partial charge in [0.05, 0.1) is 17.1 Å². The standard InChI is InChI=1S/C38H66O5SSi2/c1-15-16-17-28(3)24-30(42-45(11,12)37(5,6)7)20-23-32-33-25-29(4)36(41-44(39,40)31-21-18-27(2)19-22-31)34(33)26-35(32)43-46(13,14)38(8,9)10/h18-23,28,30,32-36H,4,15-17,24-26H2,1-3,5-14H3/t28-,30-,32+,33-,34+,35-,36?/m1/s1. The molecular weight excluding hydrogens is 625 g/mol. The fraction of sp³-hybridized carbons (Fsp3) is 0.737. The second-order valence-corrected chi connectivity index (χ2v) is 28.6. The topological polar surface area (TPSA) is 61.8 Å². The Hall–Kier alpha value is -1.04. The van der Waals surface area contributed by atoms with Crippen LogP contribution < -0.4 is 0 Å². The van der Waals surface area contributed by atoms with Gasteiger partial charge >= 0.3 is 0 Å². The Kier molecular flexibility index (Phi) is 12.7. The Morgan fingerprint density at radius 1 is 0.978 bits per heavy atom. The molecule has 3 rings (SSSR count). The number of fused-ring (bicyclic) bond motifs is 1. The van der Waals surface area contributed by atoms with Crippen LogP contribution in [0.1, 0.15) is 99.5 Å². The summed E-state index contributed by atoms with van der Waals surface area (Å²) < 4.78 is 47.2. The molecule has 1 aromatic rings. The van der Waals surface area contributed by atoms with Crippen LogP contribution in [0.2, 0.25) is 36.3 Å². The van der Waals surface area contributed by atoms with Gasteiger partial charge in [-0.25, -0.2) is 0 Å². The molecule has 8 heteroatoms. The van der Waals surface area contributed by atoms with Gasteiger partial charge in [-0.2, -0.15) is 8.42 Å². The van der Waals surface area contributed by atoms with Gasteiger partial charge in [0.25, 0.3) is 10.1 Å². The normalized spacial score (nSPS) is 26.1. The fourth-order valence-electron chi connectivity index (χ4n) is 6.54. The summed E-state index contributed by atoms with van der Waals surface area (Å²) >= 11 is 0. The van der Waals surface area contributed by atoms with Crippen LogP contribution in [-0.2, 0) is 23.2 Å². The molecule has 0 saturated heterocycles. The first kappa shape index (κ1) is 39.4. The Balaban J connectivity index is 1.96. The lowest BCUT2D eigenvalue weighted by atomic mass is 9.89. The summed E-state index contributed by atoms with van der Waals surface area (Å²) in [5, 5.41) is 0.185. The van der Waals surface area contributed by atoms with Crippen molar-refractivity contribution in [2.24, 2.45) is 23.7 Å². The quantitative estimate of drug-likeness (QED) is 0.110. The highest BCUT2D eigenvalue weighted by Gasteiger charge is 2.54. The van der Waals surface area contributed by atoms with Crippen LogP contribution in [0.5, 0.6) is 0 Å². The minimum atomic E-state index is -3.93. The van der Waals surface area contributed by atoms with Crippen LogP contribution in [0.3, 0.4) is 0 Å². The molecule has 262 valence electrons. The summed E-state index contributed by atoms with van der Waals surface area (Å²) in [4.78, 5) is 0.195. The predicted octanol–water partition coefficient (Wildman–Crippen LogP) is 10.8. The first-order chi connectivity index (χ1) is 21.0. The Morgan fingerprint density at radius 2 is 1.57 bits per heavy atom. The van der Waals surface area contributed by atoms with E-state index in [1.807, 2.05) is 19.1 Å². The van der Waals surface area contributed by atoms with Gasteiger partial charge in [-0.15, -0.1) is 0 Å². The number of aryl methyl sites for hydroxylation is 1. The molecule has 0 amide bonds. The molecule has 2 saturated carbocycles. The van der Waals surface area contributed by atoms with Gasteiger partial charge in [-0.3, -0.25) is 4.18 Å². The van der Waals surface area contributed by atoms with E-state index in [4.69, 9.17) is 13.0 Å². The average molecular weight is 691 g/mol. The van der Waals surface area contributed by atoms with Crippen LogP contribution in [-0.4, -0.2) is 43.4 Å². The highest BCUT2D eigenvalue weighted by atomic mass is 32.2. The third-order valence-electron chi connectivity index (χ3n) is 11.5. The molecule has 2 aliphatic rings. The van der Waals surface area contributed by atoms with Crippen LogP contribution in [0.4, 0.5) is 0 Å². The van der Waals surface area contributed by atoms with Gasteiger partial charge < -0.3 is 8.85 Å². The molecule has 1 aromatic carbocycles. The lowest BCUT2D eigenvalue weighted by Crippen LogP contribution is -2.45. The van der Waals surface area contributed by atoms with E-state index in [1.54, 1.807) is 12.1 Å². The van der Waals surface area contributed by atoms with E-state index in [2.05, 4.69) is 100 Å². The zero-order valence-corrected chi connectivity index (χ0v) is 34.2. The fourth-order valence-corrected chi connectivity index (χ4v) is 10.3. The summed E-state index contributed by atoms with van der Waals surface area (Å²) in [5.41, 5.74) is 1.88. The molecule has 0 bridgehead atoms. The van der Waals surface area contributed by atoms with Crippen LogP contribution in [0, 0.1) is 30.6 Å². The van der Waals surface area contributed by atoms with E-state index in [-0.39, 0.29) is 44.9 Å². The SMILES string of the molecule is C=C1C[C@@H]2[C@H](C=C[C@H](C[C@H](C)CCCC)O[Si](C)(C)C(C)(C)C)[C@H](O[Si](C)(C)C(C)(C)C)C[C@@H]2C1OS(=O)(=O)c1ccc(C)cc1. The summed E-state index contributed by atoms with van der Waals surface area (Å²) in [6.07, 6.45) is 10.4. The van der Waals surface area contributed by atoms with Gasteiger partial charge in [0.15, 0.2) is 16.6 Å². The smallest absolute Gasteiger partial charge is 0.297 e. The second kappa shape index (κ2) is 14.8. The predicted molar refractivity (Wildman–Crippen MR) is 199 cm³/mol. The van der Waals surface area contributed by atoms with Gasteiger partial charge in [0.1, 0.15) is 6.10 Å². The third kappa shape index (κ3) is 9.56. The van der Waals surface area contributed by atoms with E-state index in [0.29, 0.717) is 5.92 Å². The van der Waals surface area contributed by atoms with Crippen molar-refractivity contribution in [3.8, 4) is 0 Å². The molecule has 2 aliphatic carbocycles. The summed E-state index contributed by atoms with van der Waals surface area (Å²) in [5.74, 6) is 0.956. The molecule has 0 N–H and O–H groups in total. The lowest BCUT2D eigenvalue weighted by Gasteiger charge is -2.40. The molecular formula is C38H66O5SSi2. The zero-order chi connectivity index (χ0) is 34.9. The van der Waals surface area contributed by atoms with Crippen molar-refractivity contribution < 1.29 is 21.5 Å². The van der Waals surface area contributed by atoms with Gasteiger partial charge in [0.2, 0.25) is 0 Å². The molecule has 46 heavy (non-hydrogen) atoms. The molecule has 0 spiro atoms. The van der Waals surface area contributed by atoms with Crippen molar-refractivity contribution in [3.05, 3.63) is 54.1 Å². The average Bonchev–Trinajstić information content (AvgIpc) is 3.38. The molecule has 2 fully saturated rings. The first-order valence-corrected chi connectivity index (χ1v) is 24.9. The monoisotopic (exact) mass is 690 g/mol. The Bertz CT molecular complexity index is 1300. The van der Waals surface area contributed by atoms with Crippen molar-refractivity contribution >= 4 is 26.8 Å². The maximum atomic E-state index is 13.4. The summed E-state index contributed by atoms with van der Waals surface area (Å²) in [6, 6.07) is 6.89. The number of rotatable bonds is 14. The van der Waals surface area contributed by atoms with Crippen LogP contribution in [0.15, 0.2) is 53.5 Å². The zero-order valence-electron chi connectivity index (χ0n) is 31.4. The van der Waals surface area contributed by atoms with Gasteiger partial charge in [0, 0.05) is 5.92 Å². The minimum absolute atomic E-state index is 0.000503. The lowest BCUT2D eigenvalue weighted by molar-refractivity contribution is 0.138. The third-order valence-corrected chi connectivity index (χ3v) is 21.9. The first-order valence-electron chi connectivity index (χ1n) is 17.7. The Morgan fingerprint density at radius 3 is 2.11 bits per heavy atom. The number of hydrogen-bond acceptors (Lipinski definition) is 5. The van der Waals surface area contributed by atoms with Gasteiger partial charge in [-0.1, -0.05) is 111 Å². The Labute approximate surface area is 285 Å². The van der Waals surface area contributed by atoms with E-state index in [0.717, 1.165) is 30.4 Å². The van der Waals surface area contributed by atoms with E-state index < -0.39 is 32.9 Å². The van der Waals surface area contributed by atoms with Crippen molar-refractivity contribution in [3.63, 3.8) is 0 Å². The molecule has 5 nitrogen and oxygen atoms in total. The maximum Gasteiger partial charge on any atom is 0.297 e.